The first-order chi connectivity index (χ1) is 18.6. The number of halogens is 1. The van der Waals surface area contributed by atoms with Gasteiger partial charge in [0.2, 0.25) is 11.8 Å². The summed E-state index contributed by atoms with van der Waals surface area (Å²) in [5.74, 6) is -1.05. The molecule has 4 rings (SSSR count). The maximum absolute atomic E-state index is 15.1. The molecule has 2 aromatic rings. The van der Waals surface area contributed by atoms with Crippen molar-refractivity contribution < 1.29 is 28.3 Å². The van der Waals surface area contributed by atoms with E-state index in [1.54, 1.807) is 41.3 Å². The summed E-state index contributed by atoms with van der Waals surface area (Å²) in [6.45, 7) is 3.25. The predicted molar refractivity (Wildman–Crippen MR) is 143 cm³/mol. The molecule has 0 spiro atoms. The Morgan fingerprint density at radius 3 is 2.36 bits per heavy atom. The summed E-state index contributed by atoms with van der Waals surface area (Å²) in [6.07, 6.45) is -0.504. The number of anilines is 2. The minimum atomic E-state index is -1.42. The second-order valence-corrected chi connectivity index (χ2v) is 9.76. The summed E-state index contributed by atoms with van der Waals surface area (Å²) in [4.78, 5) is 53.4. The lowest BCUT2D eigenvalue weighted by molar-refractivity contribution is -0.131. The number of piperazine rings is 1. The molecule has 2 aromatic carbocycles. The molecule has 0 radical (unpaired) electrons. The molecule has 2 saturated heterocycles. The third kappa shape index (κ3) is 6.70. The number of nitrogens with zero attached hydrogens (tertiary/aromatic N) is 3. The number of hydrogen-bond acceptors (Lipinski definition) is 8. The summed E-state index contributed by atoms with van der Waals surface area (Å²) in [5, 5.41) is 2.52. The van der Waals surface area contributed by atoms with Gasteiger partial charge in [-0.05, 0) is 23.8 Å². The molecule has 0 aliphatic carbocycles. The highest BCUT2D eigenvalue weighted by molar-refractivity contribution is 5.98. The first kappa shape index (κ1) is 28.0. The van der Waals surface area contributed by atoms with Crippen molar-refractivity contribution in [2.45, 2.75) is 32.0 Å². The van der Waals surface area contributed by atoms with E-state index in [0.29, 0.717) is 44.0 Å². The van der Waals surface area contributed by atoms with E-state index >= 15 is 4.39 Å². The molecule has 11 nitrogen and oxygen atoms in total. The highest BCUT2D eigenvalue weighted by Gasteiger charge is 2.43. The Hall–Kier alpha value is -4.03. The number of hydrogen-bond donors (Lipinski definition) is 3. The molecule has 39 heavy (non-hydrogen) atoms. The van der Waals surface area contributed by atoms with Gasteiger partial charge in [0.1, 0.15) is 5.82 Å². The first-order valence-corrected chi connectivity index (χ1v) is 12.8. The fraction of sp³-hybridized carbons (Fsp3) is 0.407. The Kier molecular flexibility index (Phi) is 8.46. The summed E-state index contributed by atoms with van der Waals surface area (Å²) in [7, 11) is 0. The summed E-state index contributed by atoms with van der Waals surface area (Å²) < 4.78 is 20.3. The number of ether oxygens (including phenoxy) is 1. The predicted octanol–water partition coefficient (Wildman–Crippen LogP) is 1.34. The van der Waals surface area contributed by atoms with Crippen molar-refractivity contribution in [1.82, 2.24) is 10.2 Å². The second kappa shape index (κ2) is 11.8. The molecule has 208 valence electrons. The van der Waals surface area contributed by atoms with E-state index in [9.17, 15) is 19.2 Å². The van der Waals surface area contributed by atoms with E-state index in [0.717, 1.165) is 5.56 Å². The van der Waals surface area contributed by atoms with Crippen LogP contribution >= 0.6 is 0 Å². The summed E-state index contributed by atoms with van der Waals surface area (Å²) in [6, 6.07) is 11.5. The number of cyclic esters (lactones) is 1. The minimum Gasteiger partial charge on any atom is -0.424 e. The van der Waals surface area contributed by atoms with Crippen molar-refractivity contribution in [3.8, 4) is 0 Å². The van der Waals surface area contributed by atoms with Crippen LogP contribution < -0.4 is 26.6 Å². The third-order valence-electron chi connectivity index (χ3n) is 6.87. The average Bonchev–Trinajstić information content (AvgIpc) is 3.24. The van der Waals surface area contributed by atoms with E-state index < -0.39 is 17.6 Å². The summed E-state index contributed by atoms with van der Waals surface area (Å²) in [5.41, 5.74) is 12.4. The monoisotopic (exact) mass is 540 g/mol. The topological polar surface area (TPSA) is 151 Å². The van der Waals surface area contributed by atoms with Crippen LogP contribution in [-0.4, -0.2) is 73.6 Å². The molecule has 1 atom stereocenters. The third-order valence-corrected chi connectivity index (χ3v) is 6.87. The Morgan fingerprint density at radius 1 is 1.05 bits per heavy atom. The number of ketones is 1. The van der Waals surface area contributed by atoms with E-state index in [-0.39, 0.29) is 49.2 Å². The maximum Gasteiger partial charge on any atom is 0.416 e. The number of nitrogens with one attached hydrogen (secondary N) is 1. The molecule has 2 aliphatic rings. The lowest BCUT2D eigenvalue weighted by Crippen LogP contribution is -2.53. The molecule has 0 unspecified atom stereocenters. The molecule has 2 aliphatic heterocycles. The standard InChI is InChI=1S/C27H33FN6O5/c1-18(35)31-16-27(30)17-34(26(38)39-27)21-6-7-23(22(28)14-21)32-10-12-33(13-11-32)25(37)9-8-24(36)20-4-2-19(15-29)3-5-20/h2-7,14H,8-13,15-17,29-30H2,1H3,(H,31,35)/t27-/m0/s1. The minimum absolute atomic E-state index is 0.0484. The lowest BCUT2D eigenvalue weighted by atomic mass is 10.0. The normalized spacial score (nSPS) is 19.2. The van der Waals surface area contributed by atoms with Crippen LogP contribution in [0, 0.1) is 5.82 Å². The van der Waals surface area contributed by atoms with Gasteiger partial charge in [0.15, 0.2) is 11.5 Å². The SMILES string of the molecule is CC(=O)NC[C@@]1(N)CN(c2ccc(N3CCN(C(=O)CCC(=O)c4ccc(CN)cc4)CC3)c(F)c2)C(=O)O1. The highest BCUT2D eigenvalue weighted by atomic mass is 19.1. The van der Waals surface area contributed by atoms with Gasteiger partial charge in [-0.1, -0.05) is 24.3 Å². The van der Waals surface area contributed by atoms with E-state index in [1.165, 1.54) is 17.9 Å². The van der Waals surface area contributed by atoms with Crippen LogP contribution in [0.3, 0.4) is 0 Å². The van der Waals surface area contributed by atoms with Gasteiger partial charge in [-0.3, -0.25) is 25.0 Å². The number of Topliss-reactive ketones (excluding diaryl/α,β-unsaturated/α-hetero) is 1. The Morgan fingerprint density at radius 2 is 1.74 bits per heavy atom. The van der Waals surface area contributed by atoms with Crippen LogP contribution in [0.15, 0.2) is 42.5 Å². The van der Waals surface area contributed by atoms with E-state index in [2.05, 4.69) is 5.32 Å². The van der Waals surface area contributed by atoms with Crippen LogP contribution in [0.25, 0.3) is 0 Å². The molecule has 0 aromatic heterocycles. The zero-order chi connectivity index (χ0) is 28.2. The van der Waals surface area contributed by atoms with E-state index in [1.807, 2.05) is 4.90 Å². The Labute approximate surface area is 225 Å². The number of carbonyl (C=O) groups is 4. The first-order valence-electron chi connectivity index (χ1n) is 12.8. The van der Waals surface area contributed by atoms with Crippen LogP contribution in [0.1, 0.15) is 35.7 Å². The zero-order valence-corrected chi connectivity index (χ0v) is 21.8. The summed E-state index contributed by atoms with van der Waals surface area (Å²) >= 11 is 0. The zero-order valence-electron chi connectivity index (χ0n) is 21.8. The molecule has 5 N–H and O–H groups in total. The van der Waals surface area contributed by atoms with Crippen LogP contribution in [0.2, 0.25) is 0 Å². The molecule has 0 bridgehead atoms. The van der Waals surface area contributed by atoms with Crippen molar-refractivity contribution in [3.05, 3.63) is 59.4 Å². The number of amides is 3. The van der Waals surface area contributed by atoms with Gasteiger partial charge in [-0.2, -0.15) is 0 Å². The number of rotatable bonds is 9. The van der Waals surface area contributed by atoms with Crippen molar-refractivity contribution in [3.63, 3.8) is 0 Å². The largest absolute Gasteiger partial charge is 0.424 e. The van der Waals surface area contributed by atoms with Gasteiger partial charge in [-0.15, -0.1) is 0 Å². The van der Waals surface area contributed by atoms with Crippen LogP contribution in [-0.2, 0) is 20.9 Å². The number of nitrogens with two attached hydrogens (primary N) is 2. The van der Waals surface area contributed by atoms with Crippen LogP contribution in [0.5, 0.6) is 0 Å². The molecule has 3 amide bonds. The van der Waals surface area contributed by atoms with Crippen molar-refractivity contribution in [1.29, 1.82) is 0 Å². The van der Waals surface area contributed by atoms with Gasteiger partial charge < -0.3 is 25.6 Å². The number of carbonyl (C=O) groups excluding carboxylic acids is 4. The molecular weight excluding hydrogens is 507 g/mol. The molecule has 2 heterocycles. The van der Waals surface area contributed by atoms with Gasteiger partial charge >= 0.3 is 6.09 Å². The van der Waals surface area contributed by atoms with Crippen molar-refractivity contribution in [2.24, 2.45) is 11.5 Å². The average molecular weight is 541 g/mol. The molecule has 0 saturated carbocycles. The Bertz CT molecular complexity index is 1250. The second-order valence-electron chi connectivity index (χ2n) is 9.76. The van der Waals surface area contributed by atoms with Crippen LogP contribution in [0.4, 0.5) is 20.6 Å². The quantitative estimate of drug-likeness (QED) is 0.403. The van der Waals surface area contributed by atoms with Gasteiger partial charge in [0.05, 0.1) is 24.5 Å². The number of benzene rings is 2. The fourth-order valence-electron chi connectivity index (χ4n) is 4.62. The maximum atomic E-state index is 15.1. The van der Waals surface area contributed by atoms with Gasteiger partial charge in [0.25, 0.3) is 0 Å². The molecule has 2 fully saturated rings. The fourth-order valence-corrected chi connectivity index (χ4v) is 4.62. The van der Waals surface area contributed by atoms with Gasteiger partial charge in [-0.25, -0.2) is 9.18 Å². The Balaban J connectivity index is 1.29. The lowest BCUT2D eigenvalue weighted by Gasteiger charge is -2.36. The molecule has 12 heteroatoms. The highest BCUT2D eigenvalue weighted by Crippen LogP contribution is 2.30. The van der Waals surface area contributed by atoms with Crippen molar-refractivity contribution >= 4 is 35.1 Å². The van der Waals surface area contributed by atoms with Crippen molar-refractivity contribution in [2.75, 3.05) is 49.1 Å². The smallest absolute Gasteiger partial charge is 0.416 e. The van der Waals surface area contributed by atoms with Gasteiger partial charge in [0, 0.05) is 58.1 Å². The molecular formula is C27H33FN6O5. The van der Waals surface area contributed by atoms with E-state index in [4.69, 9.17) is 16.2 Å².